The quantitative estimate of drug-likeness (QED) is 0.759. The SMILES string of the molecule is CCN1CCN(CC(=O)NC2CCOCC2OCc2cscn2)CC1. The molecule has 0 saturated carbocycles. The van der Waals surface area contributed by atoms with Crippen molar-refractivity contribution in [3.8, 4) is 0 Å². The minimum atomic E-state index is -0.115. The third-order valence-corrected chi connectivity index (χ3v) is 5.49. The van der Waals surface area contributed by atoms with E-state index in [1.165, 1.54) is 0 Å². The van der Waals surface area contributed by atoms with E-state index >= 15 is 0 Å². The van der Waals surface area contributed by atoms with Gasteiger partial charge in [-0.3, -0.25) is 9.69 Å². The van der Waals surface area contributed by atoms with Crippen LogP contribution in [0.25, 0.3) is 0 Å². The summed E-state index contributed by atoms with van der Waals surface area (Å²) in [5, 5.41) is 5.13. The van der Waals surface area contributed by atoms with Crippen molar-refractivity contribution in [2.45, 2.75) is 32.1 Å². The molecule has 1 aromatic heterocycles. The number of hydrogen-bond donors (Lipinski definition) is 1. The van der Waals surface area contributed by atoms with Gasteiger partial charge in [0.05, 0.1) is 37.0 Å². The molecule has 2 aliphatic heterocycles. The zero-order valence-corrected chi connectivity index (χ0v) is 15.7. The number of likely N-dealkylation sites (N-methyl/N-ethyl adjacent to an activating group) is 1. The van der Waals surface area contributed by atoms with Gasteiger partial charge in [0, 0.05) is 38.2 Å². The Morgan fingerprint density at radius 3 is 2.92 bits per heavy atom. The Kier molecular flexibility index (Phi) is 7.18. The number of carbonyl (C=O) groups excluding carboxylic acids is 1. The van der Waals surface area contributed by atoms with Crippen LogP contribution in [0.5, 0.6) is 0 Å². The molecule has 1 aromatic rings. The summed E-state index contributed by atoms with van der Waals surface area (Å²) < 4.78 is 11.5. The Morgan fingerprint density at radius 2 is 2.20 bits per heavy atom. The van der Waals surface area contributed by atoms with Crippen molar-refractivity contribution in [3.63, 3.8) is 0 Å². The smallest absolute Gasteiger partial charge is 0.234 e. The zero-order chi connectivity index (χ0) is 17.5. The van der Waals surface area contributed by atoms with Gasteiger partial charge in [0.2, 0.25) is 5.91 Å². The molecule has 2 saturated heterocycles. The summed E-state index contributed by atoms with van der Waals surface area (Å²) in [7, 11) is 0. The number of hydrogen-bond acceptors (Lipinski definition) is 7. The lowest BCUT2D eigenvalue weighted by Crippen LogP contribution is -2.54. The van der Waals surface area contributed by atoms with E-state index in [2.05, 4.69) is 27.0 Å². The number of amides is 1. The number of carbonyl (C=O) groups is 1. The van der Waals surface area contributed by atoms with Crippen molar-refractivity contribution in [1.82, 2.24) is 20.1 Å². The maximum Gasteiger partial charge on any atom is 0.234 e. The molecule has 0 radical (unpaired) electrons. The van der Waals surface area contributed by atoms with Crippen molar-refractivity contribution < 1.29 is 14.3 Å². The summed E-state index contributed by atoms with van der Waals surface area (Å²) in [6.07, 6.45) is 0.674. The number of piperazine rings is 1. The normalized spacial score (nSPS) is 25.8. The molecule has 0 aliphatic carbocycles. The molecule has 0 aromatic carbocycles. The van der Waals surface area contributed by atoms with Crippen molar-refractivity contribution in [1.29, 1.82) is 0 Å². The summed E-state index contributed by atoms with van der Waals surface area (Å²) in [4.78, 5) is 21.3. The lowest BCUT2D eigenvalue weighted by atomic mass is 10.1. The molecule has 1 N–H and O–H groups in total. The van der Waals surface area contributed by atoms with Crippen LogP contribution in [0, 0.1) is 0 Å². The monoisotopic (exact) mass is 368 g/mol. The standard InChI is InChI=1S/C17H28N4O3S/c1-2-20-4-6-21(7-5-20)9-17(22)19-15-3-8-23-11-16(15)24-10-14-12-25-13-18-14/h12-13,15-16H,2-11H2,1H3,(H,19,22). The fourth-order valence-corrected chi connectivity index (χ4v) is 3.80. The molecule has 25 heavy (non-hydrogen) atoms. The topological polar surface area (TPSA) is 66.9 Å². The fraction of sp³-hybridized carbons (Fsp3) is 0.765. The molecule has 0 bridgehead atoms. The predicted molar refractivity (Wildman–Crippen MR) is 96.6 cm³/mol. The van der Waals surface area contributed by atoms with Crippen LogP contribution >= 0.6 is 11.3 Å². The van der Waals surface area contributed by atoms with Crippen molar-refractivity contribution in [2.75, 3.05) is 52.5 Å². The molecule has 8 heteroatoms. The summed E-state index contributed by atoms with van der Waals surface area (Å²) >= 11 is 1.56. The van der Waals surface area contributed by atoms with Gasteiger partial charge in [0.15, 0.2) is 0 Å². The maximum absolute atomic E-state index is 12.4. The molecular formula is C17H28N4O3S. The number of rotatable bonds is 7. The maximum atomic E-state index is 12.4. The number of nitrogens with zero attached hydrogens (tertiary/aromatic N) is 3. The minimum absolute atomic E-state index is 0.0109. The fourth-order valence-electron chi connectivity index (χ4n) is 3.26. The zero-order valence-electron chi connectivity index (χ0n) is 14.9. The predicted octanol–water partition coefficient (Wildman–Crippen LogP) is 0.571. The Bertz CT molecular complexity index is 520. The number of thiazole rings is 1. The van der Waals surface area contributed by atoms with E-state index in [-0.39, 0.29) is 18.1 Å². The summed E-state index contributed by atoms with van der Waals surface area (Å²) in [6, 6.07) is 0.0109. The Hall–Kier alpha value is -1.06. The van der Waals surface area contributed by atoms with Crippen LogP contribution in [0.15, 0.2) is 10.9 Å². The summed E-state index contributed by atoms with van der Waals surface area (Å²) in [5.74, 6) is 0.0825. The molecular weight excluding hydrogens is 340 g/mol. The van der Waals surface area contributed by atoms with Crippen molar-refractivity contribution >= 4 is 17.2 Å². The van der Waals surface area contributed by atoms with Crippen molar-refractivity contribution in [3.05, 3.63) is 16.6 Å². The molecule has 2 atom stereocenters. The Balaban J connectivity index is 1.43. The Labute approximate surface area is 153 Å². The first kappa shape index (κ1) is 18.7. The van der Waals surface area contributed by atoms with E-state index in [0.717, 1.165) is 44.8 Å². The molecule has 140 valence electrons. The molecule has 2 fully saturated rings. The van der Waals surface area contributed by atoms with Gasteiger partial charge in [-0.25, -0.2) is 4.98 Å². The molecule has 3 heterocycles. The van der Waals surface area contributed by atoms with Crippen LogP contribution in [0.2, 0.25) is 0 Å². The van der Waals surface area contributed by atoms with Gasteiger partial charge in [-0.05, 0) is 13.0 Å². The largest absolute Gasteiger partial charge is 0.379 e. The highest BCUT2D eigenvalue weighted by atomic mass is 32.1. The first-order valence-corrected chi connectivity index (χ1v) is 9.99. The van der Waals surface area contributed by atoms with Crippen LogP contribution in [0.1, 0.15) is 19.0 Å². The van der Waals surface area contributed by atoms with Crippen LogP contribution < -0.4 is 5.32 Å². The van der Waals surface area contributed by atoms with Crippen LogP contribution in [0.4, 0.5) is 0 Å². The lowest BCUT2D eigenvalue weighted by molar-refractivity contribution is -0.128. The molecule has 2 unspecified atom stereocenters. The summed E-state index contributed by atoms with van der Waals surface area (Å²) in [6.45, 7) is 9.37. The molecule has 1 amide bonds. The first-order chi connectivity index (χ1) is 12.2. The molecule has 0 spiro atoms. The van der Waals surface area contributed by atoms with E-state index in [1.54, 1.807) is 16.8 Å². The van der Waals surface area contributed by atoms with Crippen LogP contribution in [-0.2, 0) is 20.9 Å². The summed E-state index contributed by atoms with van der Waals surface area (Å²) in [5.41, 5.74) is 2.72. The average molecular weight is 369 g/mol. The third kappa shape index (κ3) is 5.72. The van der Waals surface area contributed by atoms with Crippen molar-refractivity contribution in [2.24, 2.45) is 0 Å². The highest BCUT2D eigenvalue weighted by Gasteiger charge is 2.29. The molecule has 2 aliphatic rings. The van der Waals surface area contributed by atoms with Crippen LogP contribution in [0.3, 0.4) is 0 Å². The van der Waals surface area contributed by atoms with Gasteiger partial charge >= 0.3 is 0 Å². The second kappa shape index (κ2) is 9.59. The van der Waals surface area contributed by atoms with Gasteiger partial charge in [0.25, 0.3) is 0 Å². The highest BCUT2D eigenvalue weighted by Crippen LogP contribution is 2.14. The number of ether oxygens (including phenoxy) is 2. The molecule has 7 nitrogen and oxygen atoms in total. The third-order valence-electron chi connectivity index (χ3n) is 4.86. The molecule has 3 rings (SSSR count). The number of aromatic nitrogens is 1. The first-order valence-electron chi connectivity index (χ1n) is 9.05. The highest BCUT2D eigenvalue weighted by molar-refractivity contribution is 7.07. The van der Waals surface area contributed by atoms with Crippen LogP contribution in [-0.4, -0.2) is 85.3 Å². The van der Waals surface area contributed by atoms with E-state index in [0.29, 0.717) is 26.4 Å². The van der Waals surface area contributed by atoms with E-state index < -0.39 is 0 Å². The van der Waals surface area contributed by atoms with E-state index in [9.17, 15) is 4.79 Å². The van der Waals surface area contributed by atoms with Gasteiger partial charge in [0.1, 0.15) is 6.10 Å². The lowest BCUT2D eigenvalue weighted by Gasteiger charge is -2.35. The minimum Gasteiger partial charge on any atom is -0.379 e. The average Bonchev–Trinajstić information content (AvgIpc) is 3.15. The Morgan fingerprint density at radius 1 is 1.40 bits per heavy atom. The van der Waals surface area contributed by atoms with Gasteiger partial charge in [-0.2, -0.15) is 0 Å². The van der Waals surface area contributed by atoms with Gasteiger partial charge in [-0.1, -0.05) is 6.92 Å². The van der Waals surface area contributed by atoms with E-state index in [1.807, 2.05) is 5.38 Å². The second-order valence-electron chi connectivity index (χ2n) is 6.58. The second-order valence-corrected chi connectivity index (χ2v) is 7.30. The van der Waals surface area contributed by atoms with Gasteiger partial charge < -0.3 is 19.7 Å². The van der Waals surface area contributed by atoms with E-state index in [4.69, 9.17) is 9.47 Å². The number of nitrogens with one attached hydrogen (secondary N) is 1. The van der Waals surface area contributed by atoms with Gasteiger partial charge in [-0.15, -0.1) is 11.3 Å².